The number of rotatable bonds is 3. The number of aliphatic hydroxyl groups is 1. The standard InChI is InChI=1S/C16H20BNO3S/c1-15(2)16(3,4)21-17(20-15)12-7-5-11(6-8-12)13(19)14-18-9-10-22-14/h5-10,13,19H,1-4H3. The molecule has 22 heavy (non-hydrogen) atoms. The molecule has 1 atom stereocenters. The fraction of sp³-hybridized carbons (Fsp3) is 0.438. The summed E-state index contributed by atoms with van der Waals surface area (Å²) in [5.41, 5.74) is 1.07. The van der Waals surface area contributed by atoms with Crippen LogP contribution < -0.4 is 5.46 Å². The average molecular weight is 317 g/mol. The maximum atomic E-state index is 10.3. The van der Waals surface area contributed by atoms with E-state index in [1.54, 1.807) is 6.20 Å². The zero-order valence-corrected chi connectivity index (χ0v) is 14.1. The zero-order valence-electron chi connectivity index (χ0n) is 13.2. The van der Waals surface area contributed by atoms with Gasteiger partial charge in [-0.2, -0.15) is 0 Å². The molecule has 1 aliphatic heterocycles. The van der Waals surface area contributed by atoms with Gasteiger partial charge >= 0.3 is 7.12 Å². The van der Waals surface area contributed by atoms with Crippen molar-refractivity contribution in [3.63, 3.8) is 0 Å². The number of aliphatic hydroxyl groups excluding tert-OH is 1. The van der Waals surface area contributed by atoms with E-state index in [1.807, 2.05) is 57.3 Å². The van der Waals surface area contributed by atoms with Crippen molar-refractivity contribution in [3.8, 4) is 0 Å². The molecule has 1 aromatic heterocycles. The molecule has 1 saturated heterocycles. The summed E-state index contributed by atoms with van der Waals surface area (Å²) in [6, 6.07) is 7.67. The van der Waals surface area contributed by atoms with Crippen LogP contribution in [-0.4, -0.2) is 28.4 Å². The Hall–Kier alpha value is -1.21. The Morgan fingerprint density at radius 2 is 1.68 bits per heavy atom. The first kappa shape index (κ1) is 15.7. The lowest BCUT2D eigenvalue weighted by Crippen LogP contribution is -2.41. The van der Waals surface area contributed by atoms with Crippen molar-refractivity contribution in [2.24, 2.45) is 0 Å². The van der Waals surface area contributed by atoms with Crippen molar-refractivity contribution < 1.29 is 14.4 Å². The lowest BCUT2D eigenvalue weighted by Gasteiger charge is -2.32. The van der Waals surface area contributed by atoms with E-state index in [2.05, 4.69) is 4.98 Å². The molecule has 0 radical (unpaired) electrons. The SMILES string of the molecule is CC1(C)OB(c2ccc(C(O)c3nccs3)cc2)OC1(C)C. The second kappa shape index (κ2) is 5.46. The van der Waals surface area contributed by atoms with Gasteiger partial charge in [0, 0.05) is 11.6 Å². The molecular weight excluding hydrogens is 297 g/mol. The first-order chi connectivity index (χ1) is 10.3. The fourth-order valence-electron chi connectivity index (χ4n) is 2.33. The summed E-state index contributed by atoms with van der Waals surface area (Å²) in [4.78, 5) is 4.15. The molecule has 1 unspecified atom stereocenters. The van der Waals surface area contributed by atoms with Crippen LogP contribution in [0.15, 0.2) is 35.8 Å². The molecule has 1 N–H and O–H groups in total. The van der Waals surface area contributed by atoms with Gasteiger partial charge in [-0.15, -0.1) is 11.3 Å². The molecule has 0 saturated carbocycles. The van der Waals surface area contributed by atoms with Crippen LogP contribution in [0.2, 0.25) is 0 Å². The smallest absolute Gasteiger partial charge is 0.399 e. The lowest BCUT2D eigenvalue weighted by molar-refractivity contribution is 0.00578. The van der Waals surface area contributed by atoms with Gasteiger partial charge in [-0.05, 0) is 38.7 Å². The van der Waals surface area contributed by atoms with Crippen molar-refractivity contribution >= 4 is 23.9 Å². The Morgan fingerprint density at radius 1 is 1.09 bits per heavy atom. The zero-order chi connectivity index (χ0) is 16.0. The molecule has 1 aliphatic rings. The minimum absolute atomic E-state index is 0.350. The Bertz CT molecular complexity index is 624. The number of thiazole rings is 1. The highest BCUT2D eigenvalue weighted by atomic mass is 32.1. The van der Waals surface area contributed by atoms with E-state index in [9.17, 15) is 5.11 Å². The summed E-state index contributed by atoms with van der Waals surface area (Å²) >= 11 is 1.44. The molecular formula is C16H20BNO3S. The summed E-state index contributed by atoms with van der Waals surface area (Å²) < 4.78 is 12.1. The molecule has 0 spiro atoms. The predicted molar refractivity (Wildman–Crippen MR) is 88.3 cm³/mol. The van der Waals surface area contributed by atoms with E-state index >= 15 is 0 Å². The van der Waals surface area contributed by atoms with Crippen molar-refractivity contribution in [2.75, 3.05) is 0 Å². The van der Waals surface area contributed by atoms with E-state index in [0.29, 0.717) is 5.01 Å². The highest BCUT2D eigenvalue weighted by Crippen LogP contribution is 2.36. The molecule has 2 heterocycles. The number of nitrogens with zero attached hydrogens (tertiary/aromatic N) is 1. The van der Waals surface area contributed by atoms with Crippen LogP contribution in [0, 0.1) is 0 Å². The van der Waals surface area contributed by atoms with Gasteiger partial charge in [0.25, 0.3) is 0 Å². The molecule has 3 rings (SSSR count). The Morgan fingerprint density at radius 3 is 2.18 bits per heavy atom. The van der Waals surface area contributed by atoms with Crippen molar-refractivity contribution in [3.05, 3.63) is 46.4 Å². The topological polar surface area (TPSA) is 51.6 Å². The third-order valence-corrected chi connectivity index (χ3v) is 5.29. The Labute approximate surface area is 135 Å². The first-order valence-electron chi connectivity index (χ1n) is 7.33. The van der Waals surface area contributed by atoms with Crippen molar-refractivity contribution in [1.29, 1.82) is 0 Å². The van der Waals surface area contributed by atoms with Crippen molar-refractivity contribution in [2.45, 2.75) is 45.0 Å². The van der Waals surface area contributed by atoms with Gasteiger partial charge in [-0.3, -0.25) is 0 Å². The monoisotopic (exact) mass is 317 g/mol. The average Bonchev–Trinajstić information content (AvgIpc) is 3.05. The number of hydrogen-bond donors (Lipinski definition) is 1. The van der Waals surface area contributed by atoms with E-state index in [4.69, 9.17) is 9.31 Å². The van der Waals surface area contributed by atoms with E-state index in [-0.39, 0.29) is 18.3 Å². The lowest BCUT2D eigenvalue weighted by atomic mass is 9.78. The van der Waals surface area contributed by atoms with Crippen LogP contribution in [-0.2, 0) is 9.31 Å². The third kappa shape index (κ3) is 2.72. The highest BCUT2D eigenvalue weighted by molar-refractivity contribution is 7.09. The molecule has 0 amide bonds. The van der Waals surface area contributed by atoms with E-state index < -0.39 is 6.10 Å². The van der Waals surface area contributed by atoms with Gasteiger partial charge in [0.05, 0.1) is 11.2 Å². The number of aromatic nitrogens is 1. The van der Waals surface area contributed by atoms with Gasteiger partial charge in [-0.1, -0.05) is 24.3 Å². The maximum absolute atomic E-state index is 10.3. The second-order valence-corrected chi connectivity index (χ2v) is 7.45. The number of benzene rings is 1. The van der Waals surface area contributed by atoms with Gasteiger partial charge in [0.1, 0.15) is 11.1 Å². The van der Waals surface area contributed by atoms with Gasteiger partial charge < -0.3 is 14.4 Å². The number of hydrogen-bond acceptors (Lipinski definition) is 5. The summed E-state index contributed by atoms with van der Waals surface area (Å²) in [7, 11) is -0.379. The molecule has 2 aromatic rings. The van der Waals surface area contributed by atoms with Crippen LogP contribution in [0.5, 0.6) is 0 Å². The highest BCUT2D eigenvalue weighted by Gasteiger charge is 2.51. The maximum Gasteiger partial charge on any atom is 0.494 e. The minimum atomic E-state index is -0.688. The largest absolute Gasteiger partial charge is 0.494 e. The van der Waals surface area contributed by atoms with Crippen LogP contribution in [0.3, 0.4) is 0 Å². The quantitative estimate of drug-likeness (QED) is 0.884. The summed E-state index contributed by atoms with van der Waals surface area (Å²) in [5.74, 6) is 0. The molecule has 1 aromatic carbocycles. The van der Waals surface area contributed by atoms with Crippen molar-refractivity contribution in [1.82, 2.24) is 4.98 Å². The normalized spacial score (nSPS) is 21.0. The summed E-state index contributed by atoms with van der Waals surface area (Å²) in [5, 5.41) is 12.8. The molecule has 6 heteroatoms. The minimum Gasteiger partial charge on any atom is -0.399 e. The summed E-state index contributed by atoms with van der Waals surface area (Å²) in [6.45, 7) is 8.14. The van der Waals surface area contributed by atoms with Crippen LogP contribution in [0.4, 0.5) is 0 Å². The third-order valence-electron chi connectivity index (χ3n) is 4.46. The van der Waals surface area contributed by atoms with Gasteiger partial charge in [0.2, 0.25) is 0 Å². The second-order valence-electron chi connectivity index (χ2n) is 6.53. The van der Waals surface area contributed by atoms with Gasteiger partial charge in [0.15, 0.2) is 0 Å². The fourth-order valence-corrected chi connectivity index (χ4v) is 2.97. The Balaban J connectivity index is 1.78. The molecule has 0 bridgehead atoms. The Kier molecular flexibility index (Phi) is 3.89. The molecule has 0 aliphatic carbocycles. The van der Waals surface area contributed by atoms with Crippen LogP contribution in [0.1, 0.15) is 44.4 Å². The van der Waals surface area contributed by atoms with Gasteiger partial charge in [-0.25, -0.2) is 4.98 Å². The molecule has 116 valence electrons. The van der Waals surface area contributed by atoms with E-state index in [0.717, 1.165) is 11.0 Å². The van der Waals surface area contributed by atoms with Crippen LogP contribution >= 0.6 is 11.3 Å². The van der Waals surface area contributed by atoms with Crippen LogP contribution in [0.25, 0.3) is 0 Å². The summed E-state index contributed by atoms with van der Waals surface area (Å²) in [6.07, 6.45) is 1.01. The molecule has 1 fully saturated rings. The molecule has 4 nitrogen and oxygen atoms in total. The first-order valence-corrected chi connectivity index (χ1v) is 8.21. The van der Waals surface area contributed by atoms with E-state index in [1.165, 1.54) is 11.3 Å². The predicted octanol–water partition coefficient (Wildman–Crippen LogP) is 2.52.